The molecule has 9 heteroatoms. The maximum absolute atomic E-state index is 11.4. The van der Waals surface area contributed by atoms with Crippen LogP contribution in [-0.2, 0) is 9.84 Å². The SMILES string of the molecule is C=C1C(n2ccnn2)=CNN1c1ccc(S(C)(=O)=O)cn1. The number of nitrogens with one attached hydrogen (secondary N) is 1. The molecule has 2 aromatic rings. The predicted molar refractivity (Wildman–Crippen MR) is 76.4 cm³/mol. The van der Waals surface area contributed by atoms with E-state index in [0.29, 0.717) is 11.5 Å². The summed E-state index contributed by atoms with van der Waals surface area (Å²) in [5, 5.41) is 9.26. The molecule has 1 aliphatic rings. The van der Waals surface area contributed by atoms with E-state index >= 15 is 0 Å². The van der Waals surface area contributed by atoms with E-state index in [1.165, 1.54) is 12.3 Å². The van der Waals surface area contributed by atoms with Crippen molar-refractivity contribution in [2.24, 2.45) is 0 Å². The van der Waals surface area contributed by atoms with Crippen LogP contribution in [0.2, 0.25) is 0 Å². The number of pyridine rings is 1. The van der Waals surface area contributed by atoms with Crippen molar-refractivity contribution in [3.63, 3.8) is 0 Å². The maximum Gasteiger partial charge on any atom is 0.177 e. The summed E-state index contributed by atoms with van der Waals surface area (Å²) < 4.78 is 24.4. The molecule has 8 nitrogen and oxygen atoms in total. The van der Waals surface area contributed by atoms with Gasteiger partial charge in [0.1, 0.15) is 5.70 Å². The monoisotopic (exact) mass is 304 g/mol. The van der Waals surface area contributed by atoms with Gasteiger partial charge in [0.25, 0.3) is 0 Å². The van der Waals surface area contributed by atoms with Gasteiger partial charge in [-0.3, -0.25) is 5.43 Å². The van der Waals surface area contributed by atoms with Crippen molar-refractivity contribution in [2.75, 3.05) is 11.3 Å². The van der Waals surface area contributed by atoms with Crippen LogP contribution in [0.25, 0.3) is 5.70 Å². The molecule has 0 fully saturated rings. The molecule has 108 valence electrons. The van der Waals surface area contributed by atoms with E-state index in [0.717, 1.165) is 12.0 Å². The van der Waals surface area contributed by atoms with Gasteiger partial charge in [0.2, 0.25) is 0 Å². The van der Waals surface area contributed by atoms with Crippen molar-refractivity contribution in [3.05, 3.63) is 49.2 Å². The molecule has 0 bridgehead atoms. The molecule has 0 spiro atoms. The molecular weight excluding hydrogens is 292 g/mol. The van der Waals surface area contributed by atoms with Crippen LogP contribution in [0.15, 0.2) is 54.1 Å². The van der Waals surface area contributed by atoms with Gasteiger partial charge in [-0.2, -0.15) is 0 Å². The van der Waals surface area contributed by atoms with Crippen LogP contribution in [0, 0.1) is 0 Å². The number of anilines is 1. The number of aromatic nitrogens is 4. The van der Waals surface area contributed by atoms with Crippen molar-refractivity contribution in [1.29, 1.82) is 0 Å². The molecule has 1 aliphatic heterocycles. The Bertz CT molecular complexity index is 808. The number of allylic oxidation sites excluding steroid dienone is 1. The first kappa shape index (κ1) is 13.3. The van der Waals surface area contributed by atoms with E-state index < -0.39 is 9.84 Å². The highest BCUT2D eigenvalue weighted by Crippen LogP contribution is 2.26. The van der Waals surface area contributed by atoms with Crippen molar-refractivity contribution in [1.82, 2.24) is 25.4 Å². The molecule has 21 heavy (non-hydrogen) atoms. The summed E-state index contributed by atoms with van der Waals surface area (Å²) in [6, 6.07) is 3.10. The second-order valence-electron chi connectivity index (χ2n) is 4.41. The number of hydrogen-bond acceptors (Lipinski definition) is 7. The summed E-state index contributed by atoms with van der Waals surface area (Å²) in [4.78, 5) is 4.31. The van der Waals surface area contributed by atoms with Crippen LogP contribution in [0.5, 0.6) is 0 Å². The Hall–Kier alpha value is -2.68. The van der Waals surface area contributed by atoms with Gasteiger partial charge in [0.15, 0.2) is 15.7 Å². The van der Waals surface area contributed by atoms with Crippen molar-refractivity contribution in [2.45, 2.75) is 4.90 Å². The van der Waals surface area contributed by atoms with Crippen LogP contribution in [0.4, 0.5) is 5.82 Å². The van der Waals surface area contributed by atoms with Gasteiger partial charge in [-0.25, -0.2) is 23.1 Å². The lowest BCUT2D eigenvalue weighted by Gasteiger charge is -2.19. The molecule has 0 saturated heterocycles. The Morgan fingerprint density at radius 3 is 2.71 bits per heavy atom. The summed E-state index contributed by atoms with van der Waals surface area (Å²) in [5.74, 6) is 0.527. The standard InChI is InChI=1S/C12H12N6O2S/c1-9-11(17-6-5-14-16-17)8-15-18(9)12-4-3-10(7-13-12)21(2,19)20/h3-8,15H,1H2,2H3. The van der Waals surface area contributed by atoms with Crippen LogP contribution in [0.3, 0.4) is 0 Å². The van der Waals surface area contributed by atoms with Crippen LogP contribution < -0.4 is 10.4 Å². The average Bonchev–Trinajstić information content (AvgIpc) is 3.07. The second-order valence-corrected chi connectivity index (χ2v) is 6.43. The Morgan fingerprint density at radius 2 is 2.14 bits per heavy atom. The highest BCUT2D eigenvalue weighted by molar-refractivity contribution is 7.90. The Labute approximate surface area is 121 Å². The second kappa shape index (κ2) is 4.70. The normalized spacial score (nSPS) is 15.0. The van der Waals surface area contributed by atoms with Crippen molar-refractivity contribution in [3.8, 4) is 0 Å². The molecule has 3 heterocycles. The first-order valence-corrected chi connectivity index (χ1v) is 7.84. The van der Waals surface area contributed by atoms with E-state index in [1.807, 2.05) is 0 Å². The molecule has 0 unspecified atom stereocenters. The molecule has 0 saturated carbocycles. The predicted octanol–water partition coefficient (Wildman–Crippen LogP) is 0.414. The third kappa shape index (κ3) is 2.38. The lowest BCUT2D eigenvalue weighted by Crippen LogP contribution is -2.29. The minimum Gasteiger partial charge on any atom is -0.297 e. The first-order valence-electron chi connectivity index (χ1n) is 5.95. The molecule has 0 amide bonds. The topological polar surface area (TPSA) is 93.0 Å². The fraction of sp³-hybridized carbons (Fsp3) is 0.0833. The lowest BCUT2D eigenvalue weighted by atomic mass is 10.3. The molecule has 3 rings (SSSR count). The van der Waals surface area contributed by atoms with Crippen molar-refractivity contribution < 1.29 is 8.42 Å². The molecule has 0 aliphatic carbocycles. The molecule has 0 radical (unpaired) electrons. The summed E-state index contributed by atoms with van der Waals surface area (Å²) in [5.41, 5.74) is 4.34. The van der Waals surface area contributed by atoms with E-state index in [1.54, 1.807) is 34.4 Å². The fourth-order valence-electron chi connectivity index (χ4n) is 1.87. The third-order valence-corrected chi connectivity index (χ3v) is 4.04. The molecular formula is C12H12N6O2S. The lowest BCUT2D eigenvalue weighted by molar-refractivity contribution is 0.601. The maximum atomic E-state index is 11.4. The van der Waals surface area contributed by atoms with Crippen LogP contribution in [0.1, 0.15) is 0 Å². The molecule has 0 aromatic carbocycles. The summed E-state index contributed by atoms with van der Waals surface area (Å²) in [6.07, 6.45) is 7.43. The fourth-order valence-corrected chi connectivity index (χ4v) is 2.42. The van der Waals surface area contributed by atoms with Gasteiger partial charge in [-0.15, -0.1) is 5.10 Å². The Morgan fingerprint density at radius 1 is 1.33 bits per heavy atom. The van der Waals surface area contributed by atoms with Gasteiger partial charge >= 0.3 is 0 Å². The number of hydrazine groups is 1. The number of hydrogen-bond donors (Lipinski definition) is 1. The minimum atomic E-state index is -3.26. The zero-order chi connectivity index (χ0) is 15.0. The van der Waals surface area contributed by atoms with Crippen LogP contribution in [-0.4, -0.2) is 34.7 Å². The minimum absolute atomic E-state index is 0.167. The summed E-state index contributed by atoms with van der Waals surface area (Å²) >= 11 is 0. The van der Waals surface area contributed by atoms with Gasteiger partial charge in [-0.05, 0) is 12.1 Å². The first-order chi connectivity index (χ1) is 9.97. The highest BCUT2D eigenvalue weighted by atomic mass is 32.2. The number of nitrogens with zero attached hydrogens (tertiary/aromatic N) is 5. The van der Waals surface area contributed by atoms with Gasteiger partial charge < -0.3 is 0 Å². The van der Waals surface area contributed by atoms with E-state index in [-0.39, 0.29) is 4.90 Å². The molecule has 2 aromatic heterocycles. The third-order valence-electron chi connectivity index (χ3n) is 2.94. The van der Waals surface area contributed by atoms with Gasteiger partial charge in [-0.1, -0.05) is 11.8 Å². The zero-order valence-corrected chi connectivity index (χ0v) is 11.9. The zero-order valence-electron chi connectivity index (χ0n) is 11.1. The summed E-state index contributed by atoms with van der Waals surface area (Å²) in [6.45, 7) is 3.97. The average molecular weight is 304 g/mol. The van der Waals surface area contributed by atoms with E-state index in [2.05, 4.69) is 27.3 Å². The smallest absolute Gasteiger partial charge is 0.177 e. The molecule has 0 atom stereocenters. The van der Waals surface area contributed by atoms with Crippen molar-refractivity contribution >= 4 is 21.4 Å². The quantitative estimate of drug-likeness (QED) is 0.878. The van der Waals surface area contributed by atoms with E-state index in [4.69, 9.17) is 0 Å². The Kier molecular flexibility index (Phi) is 2.98. The van der Waals surface area contributed by atoms with Crippen LogP contribution >= 0.6 is 0 Å². The summed E-state index contributed by atoms with van der Waals surface area (Å²) in [7, 11) is -3.26. The molecule has 1 N–H and O–H groups in total. The van der Waals surface area contributed by atoms with Gasteiger partial charge in [0, 0.05) is 18.7 Å². The largest absolute Gasteiger partial charge is 0.297 e. The van der Waals surface area contributed by atoms with Gasteiger partial charge in [0.05, 0.1) is 23.0 Å². The number of sulfone groups is 1. The number of rotatable bonds is 3. The highest BCUT2D eigenvalue weighted by Gasteiger charge is 2.22. The van der Waals surface area contributed by atoms with E-state index in [9.17, 15) is 8.42 Å². The Balaban J connectivity index is 1.85.